The van der Waals surface area contributed by atoms with Crippen molar-refractivity contribution in [2.75, 3.05) is 5.32 Å². The highest BCUT2D eigenvalue weighted by Gasteiger charge is 2.24. The van der Waals surface area contributed by atoms with Crippen molar-refractivity contribution in [1.82, 2.24) is 0 Å². The number of nitro benzene ring substituents is 1. The van der Waals surface area contributed by atoms with Crippen molar-refractivity contribution in [1.29, 1.82) is 0 Å². The number of hydrogen-bond acceptors (Lipinski definition) is 3. The van der Waals surface area contributed by atoms with Gasteiger partial charge in [0.1, 0.15) is 5.82 Å². The Morgan fingerprint density at radius 2 is 2.05 bits per heavy atom. The first kappa shape index (κ1) is 12.6. The van der Waals surface area contributed by atoms with Gasteiger partial charge >= 0.3 is 0 Å². The summed E-state index contributed by atoms with van der Waals surface area (Å²) in [6.45, 7) is 0. The van der Waals surface area contributed by atoms with Crippen molar-refractivity contribution in [2.45, 2.75) is 18.9 Å². The molecule has 0 saturated heterocycles. The molecule has 1 aliphatic rings. The maximum Gasteiger partial charge on any atom is 0.271 e. The summed E-state index contributed by atoms with van der Waals surface area (Å²) in [5, 5.41) is 14.0. The largest absolute Gasteiger partial charge is 0.378 e. The Balaban J connectivity index is 1.86. The van der Waals surface area contributed by atoms with Gasteiger partial charge in [0.25, 0.3) is 5.69 Å². The van der Waals surface area contributed by atoms with Crippen molar-refractivity contribution in [3.63, 3.8) is 0 Å². The van der Waals surface area contributed by atoms with Crippen LogP contribution in [0, 0.1) is 15.9 Å². The maximum atomic E-state index is 13.7. The molecule has 0 bridgehead atoms. The van der Waals surface area contributed by atoms with E-state index in [1.807, 2.05) is 6.07 Å². The molecular formula is C15H13FN2O2. The lowest BCUT2D eigenvalue weighted by molar-refractivity contribution is -0.384. The van der Waals surface area contributed by atoms with Gasteiger partial charge in [-0.05, 0) is 36.1 Å². The van der Waals surface area contributed by atoms with E-state index >= 15 is 0 Å². The molecule has 0 aliphatic heterocycles. The zero-order valence-electron chi connectivity index (χ0n) is 10.7. The van der Waals surface area contributed by atoms with Crippen molar-refractivity contribution < 1.29 is 9.31 Å². The minimum atomic E-state index is -0.423. The fraction of sp³-hybridized carbons (Fsp3) is 0.200. The number of fused-ring (bicyclic) bond motifs is 1. The second-order valence-corrected chi connectivity index (χ2v) is 4.85. The van der Waals surface area contributed by atoms with E-state index in [0.717, 1.165) is 17.5 Å². The lowest BCUT2D eigenvalue weighted by atomic mass is 10.1. The molecule has 4 nitrogen and oxygen atoms in total. The second kappa shape index (κ2) is 4.92. The number of nitro groups is 1. The molecule has 0 saturated carbocycles. The molecule has 1 atom stereocenters. The molecule has 1 N–H and O–H groups in total. The van der Waals surface area contributed by atoms with Gasteiger partial charge in [-0.15, -0.1) is 0 Å². The van der Waals surface area contributed by atoms with Gasteiger partial charge in [0, 0.05) is 17.8 Å². The third-order valence-electron chi connectivity index (χ3n) is 3.61. The molecule has 3 rings (SSSR count). The minimum Gasteiger partial charge on any atom is -0.378 e. The van der Waals surface area contributed by atoms with Gasteiger partial charge in [0.2, 0.25) is 0 Å². The summed E-state index contributed by atoms with van der Waals surface area (Å²) >= 11 is 0. The monoisotopic (exact) mass is 272 g/mol. The summed E-state index contributed by atoms with van der Waals surface area (Å²) in [5.41, 5.74) is 2.42. The van der Waals surface area contributed by atoms with E-state index in [4.69, 9.17) is 0 Å². The highest BCUT2D eigenvalue weighted by Crippen LogP contribution is 2.35. The van der Waals surface area contributed by atoms with Crippen molar-refractivity contribution in [3.05, 3.63) is 69.5 Å². The molecule has 102 valence electrons. The van der Waals surface area contributed by atoms with Crippen LogP contribution in [0.25, 0.3) is 0 Å². The Bertz CT molecular complexity index is 673. The van der Waals surface area contributed by atoms with Crippen LogP contribution >= 0.6 is 0 Å². The average Bonchev–Trinajstić information content (AvgIpc) is 2.84. The summed E-state index contributed by atoms with van der Waals surface area (Å²) in [4.78, 5) is 10.3. The predicted octanol–water partition coefficient (Wildman–Crippen LogP) is 3.83. The Labute approximate surface area is 115 Å². The molecule has 5 heteroatoms. The van der Waals surface area contributed by atoms with E-state index in [1.54, 1.807) is 18.2 Å². The first-order chi connectivity index (χ1) is 9.65. The lowest BCUT2D eigenvalue weighted by Gasteiger charge is -2.15. The number of benzene rings is 2. The van der Waals surface area contributed by atoms with Crippen LogP contribution in [0.2, 0.25) is 0 Å². The predicted molar refractivity (Wildman–Crippen MR) is 74.2 cm³/mol. The molecule has 20 heavy (non-hydrogen) atoms. The zero-order chi connectivity index (χ0) is 14.1. The summed E-state index contributed by atoms with van der Waals surface area (Å²) in [5.74, 6) is -0.175. The molecule has 1 unspecified atom stereocenters. The van der Waals surface area contributed by atoms with Crippen LogP contribution in [0.15, 0.2) is 42.5 Å². The Morgan fingerprint density at radius 1 is 1.25 bits per heavy atom. The van der Waals surface area contributed by atoms with E-state index in [9.17, 15) is 14.5 Å². The molecule has 1 aliphatic carbocycles. The standard InChI is InChI=1S/C15H13FN2O2/c16-14-6-2-5-13-12(14)7-8-15(13)17-10-3-1-4-11(9-10)18(19)20/h1-6,9,15,17H,7-8H2. The Morgan fingerprint density at radius 3 is 2.85 bits per heavy atom. The Hall–Kier alpha value is -2.43. The van der Waals surface area contributed by atoms with Crippen LogP contribution in [0.5, 0.6) is 0 Å². The summed E-state index contributed by atoms with van der Waals surface area (Å²) in [6.07, 6.45) is 1.48. The van der Waals surface area contributed by atoms with Gasteiger partial charge in [-0.3, -0.25) is 10.1 Å². The molecule has 0 amide bonds. The van der Waals surface area contributed by atoms with E-state index < -0.39 is 4.92 Å². The smallest absolute Gasteiger partial charge is 0.271 e. The number of nitrogens with zero attached hydrogens (tertiary/aromatic N) is 1. The Kier molecular flexibility index (Phi) is 3.10. The van der Waals surface area contributed by atoms with Gasteiger partial charge in [-0.25, -0.2) is 4.39 Å². The third-order valence-corrected chi connectivity index (χ3v) is 3.61. The molecule has 0 heterocycles. The number of halogens is 1. The van der Waals surface area contributed by atoms with Crippen LogP contribution in [0.4, 0.5) is 15.8 Å². The minimum absolute atomic E-state index is 0.00250. The van der Waals surface area contributed by atoms with Crippen LogP contribution < -0.4 is 5.32 Å². The number of anilines is 1. The topological polar surface area (TPSA) is 55.2 Å². The van der Waals surface area contributed by atoms with E-state index in [1.165, 1.54) is 18.2 Å². The van der Waals surface area contributed by atoms with E-state index in [2.05, 4.69) is 5.32 Å². The molecule has 0 spiro atoms. The number of hydrogen-bond donors (Lipinski definition) is 1. The summed E-state index contributed by atoms with van der Waals surface area (Å²) in [6, 6.07) is 11.4. The highest BCUT2D eigenvalue weighted by molar-refractivity contribution is 5.53. The molecule has 0 fully saturated rings. The molecule has 0 radical (unpaired) electrons. The fourth-order valence-corrected chi connectivity index (χ4v) is 2.67. The fourth-order valence-electron chi connectivity index (χ4n) is 2.67. The average molecular weight is 272 g/mol. The van der Waals surface area contributed by atoms with Crippen LogP contribution in [0.3, 0.4) is 0 Å². The van der Waals surface area contributed by atoms with Gasteiger partial charge < -0.3 is 5.32 Å². The van der Waals surface area contributed by atoms with Gasteiger partial charge in [0.15, 0.2) is 0 Å². The quantitative estimate of drug-likeness (QED) is 0.682. The first-order valence-corrected chi connectivity index (χ1v) is 6.43. The second-order valence-electron chi connectivity index (χ2n) is 4.85. The zero-order valence-corrected chi connectivity index (χ0v) is 10.7. The van der Waals surface area contributed by atoms with Gasteiger partial charge in [0.05, 0.1) is 11.0 Å². The van der Waals surface area contributed by atoms with Gasteiger partial charge in [-0.1, -0.05) is 18.2 Å². The van der Waals surface area contributed by atoms with Crippen LogP contribution in [0.1, 0.15) is 23.6 Å². The third kappa shape index (κ3) is 2.22. The van der Waals surface area contributed by atoms with Crippen LogP contribution in [-0.2, 0) is 6.42 Å². The number of rotatable bonds is 3. The number of non-ortho nitro benzene ring substituents is 1. The van der Waals surface area contributed by atoms with Crippen molar-refractivity contribution in [2.24, 2.45) is 0 Å². The molecule has 0 aromatic heterocycles. The van der Waals surface area contributed by atoms with Crippen LogP contribution in [-0.4, -0.2) is 4.92 Å². The van der Waals surface area contributed by atoms with E-state index in [0.29, 0.717) is 12.1 Å². The molecule has 2 aromatic carbocycles. The van der Waals surface area contributed by atoms with Crippen molar-refractivity contribution in [3.8, 4) is 0 Å². The number of nitrogens with one attached hydrogen (secondary N) is 1. The molecule has 2 aromatic rings. The first-order valence-electron chi connectivity index (χ1n) is 6.43. The summed E-state index contributed by atoms with van der Waals surface area (Å²) in [7, 11) is 0. The summed E-state index contributed by atoms with van der Waals surface area (Å²) < 4.78 is 13.7. The SMILES string of the molecule is O=[N+]([O-])c1cccc(NC2CCc3c(F)cccc32)c1. The highest BCUT2D eigenvalue weighted by atomic mass is 19.1. The van der Waals surface area contributed by atoms with E-state index in [-0.39, 0.29) is 17.5 Å². The molecular weight excluding hydrogens is 259 g/mol. The van der Waals surface area contributed by atoms with Crippen molar-refractivity contribution >= 4 is 11.4 Å². The maximum absolute atomic E-state index is 13.7. The van der Waals surface area contributed by atoms with Gasteiger partial charge in [-0.2, -0.15) is 0 Å². The normalized spacial score (nSPS) is 16.8. The lowest BCUT2D eigenvalue weighted by Crippen LogP contribution is -2.07.